The zero-order valence-electron chi connectivity index (χ0n) is 15.3. The van der Waals surface area contributed by atoms with E-state index in [1.54, 1.807) is 0 Å². The fourth-order valence-electron chi connectivity index (χ4n) is 2.83. The Kier molecular flexibility index (Phi) is 5.38. The van der Waals surface area contributed by atoms with Gasteiger partial charge in [0.15, 0.2) is 0 Å². The highest BCUT2D eigenvalue weighted by molar-refractivity contribution is 7.13. The molecule has 0 saturated heterocycles. The molecule has 3 rings (SSSR count). The maximum Gasteiger partial charge on any atom is 0.346 e. The van der Waals surface area contributed by atoms with Gasteiger partial charge in [0.1, 0.15) is 10.6 Å². The number of thiazole rings is 1. The van der Waals surface area contributed by atoms with E-state index in [2.05, 4.69) is 36.4 Å². The smallest absolute Gasteiger partial charge is 0.346 e. The Balaban J connectivity index is 2.12. The van der Waals surface area contributed by atoms with Crippen LogP contribution in [0.25, 0.3) is 34.2 Å². The summed E-state index contributed by atoms with van der Waals surface area (Å²) in [5.41, 5.74) is 1.75. The van der Waals surface area contributed by atoms with Crippen LogP contribution in [0.3, 0.4) is 0 Å². The fourth-order valence-corrected chi connectivity index (χ4v) is 3.75. The van der Waals surface area contributed by atoms with Gasteiger partial charge in [-0.2, -0.15) is 0 Å². The third kappa shape index (κ3) is 3.48. The largest absolute Gasteiger partial charge is 0.422 e. The van der Waals surface area contributed by atoms with Crippen LogP contribution in [-0.2, 0) is 0 Å². The first-order valence-electron chi connectivity index (χ1n) is 8.69. The summed E-state index contributed by atoms with van der Waals surface area (Å²) < 4.78 is 6.54. The molecular weight excluding hydrogens is 344 g/mol. The van der Waals surface area contributed by atoms with Gasteiger partial charge in [0.25, 0.3) is 0 Å². The summed E-state index contributed by atoms with van der Waals surface area (Å²) in [4.78, 5) is 19.2. The van der Waals surface area contributed by atoms with E-state index in [-0.39, 0.29) is 5.63 Å². The maximum atomic E-state index is 12.5. The third-order valence-electron chi connectivity index (χ3n) is 4.25. The molecule has 26 heavy (non-hydrogen) atoms. The summed E-state index contributed by atoms with van der Waals surface area (Å²) in [5.74, 6) is 0. The second-order valence-corrected chi connectivity index (χ2v) is 6.90. The van der Waals surface area contributed by atoms with Crippen molar-refractivity contribution >= 4 is 40.6 Å². The average molecular weight is 366 g/mol. The molecule has 0 unspecified atom stereocenters. The Bertz CT molecular complexity index is 1120. The van der Waals surface area contributed by atoms with Crippen molar-refractivity contribution in [3.05, 3.63) is 56.7 Å². The first kappa shape index (κ1) is 18.1. The maximum absolute atomic E-state index is 12.5. The lowest BCUT2D eigenvalue weighted by Gasteiger charge is -2.20. The molecule has 0 saturated carbocycles. The van der Waals surface area contributed by atoms with Crippen molar-refractivity contribution in [2.75, 3.05) is 18.0 Å². The molecule has 134 valence electrons. The second kappa shape index (κ2) is 7.70. The number of allylic oxidation sites excluding steroid dienone is 2. The van der Waals surface area contributed by atoms with Crippen LogP contribution in [0.4, 0.5) is 5.69 Å². The summed E-state index contributed by atoms with van der Waals surface area (Å²) in [5, 5.41) is 2.18. The molecule has 0 aliphatic rings. The number of anilines is 1. The Morgan fingerprint density at radius 2 is 2.04 bits per heavy atom. The van der Waals surface area contributed by atoms with Gasteiger partial charge in [-0.05, 0) is 45.0 Å². The van der Waals surface area contributed by atoms with Crippen molar-refractivity contribution in [2.24, 2.45) is 0 Å². The minimum Gasteiger partial charge on any atom is -0.422 e. The molecule has 2 aromatic heterocycles. The molecule has 2 heterocycles. The molecule has 0 spiro atoms. The molecule has 0 radical (unpaired) electrons. The van der Waals surface area contributed by atoms with Gasteiger partial charge < -0.3 is 9.32 Å². The van der Waals surface area contributed by atoms with Crippen LogP contribution >= 0.6 is 11.3 Å². The van der Waals surface area contributed by atoms with E-state index in [0.29, 0.717) is 21.5 Å². The van der Waals surface area contributed by atoms with Gasteiger partial charge in [0.05, 0.1) is 15.4 Å². The second-order valence-electron chi connectivity index (χ2n) is 5.86. The predicted octanol–water partition coefficient (Wildman–Crippen LogP) is 3.53. The SMILES string of the molecule is C=c1nc(-c2cc3ccc(N(CC)CC)cc3oc2=O)s/c1=C/C=C\C. The third-order valence-corrected chi connectivity index (χ3v) is 5.34. The molecule has 1 aromatic carbocycles. The lowest BCUT2D eigenvalue weighted by molar-refractivity contribution is 0.563. The summed E-state index contributed by atoms with van der Waals surface area (Å²) in [6.07, 6.45) is 5.82. The number of fused-ring (bicyclic) bond motifs is 1. The summed E-state index contributed by atoms with van der Waals surface area (Å²) in [6.45, 7) is 11.9. The standard InChI is InChI=1S/C21H22N2O2S/c1-5-8-9-19-14(4)22-20(26-19)17-12-15-10-11-16(23(6-2)7-3)13-18(15)25-21(17)24/h5,8-13H,4,6-7H2,1-3H3/b8-5-,19-9+. The van der Waals surface area contributed by atoms with Gasteiger partial charge in [-0.25, -0.2) is 9.78 Å². The van der Waals surface area contributed by atoms with Crippen molar-refractivity contribution in [1.29, 1.82) is 0 Å². The zero-order valence-corrected chi connectivity index (χ0v) is 16.1. The van der Waals surface area contributed by atoms with Gasteiger partial charge in [-0.1, -0.05) is 18.7 Å². The number of aromatic nitrogens is 1. The van der Waals surface area contributed by atoms with Crippen molar-refractivity contribution < 1.29 is 4.42 Å². The topological polar surface area (TPSA) is 46.3 Å². The number of benzene rings is 1. The zero-order chi connectivity index (χ0) is 18.7. The van der Waals surface area contributed by atoms with Crippen molar-refractivity contribution in [3.63, 3.8) is 0 Å². The predicted molar refractivity (Wildman–Crippen MR) is 111 cm³/mol. The molecular formula is C21H22N2O2S. The molecule has 5 heteroatoms. The van der Waals surface area contributed by atoms with Crippen LogP contribution in [0.2, 0.25) is 0 Å². The fraction of sp³-hybridized carbons (Fsp3) is 0.238. The highest BCUT2D eigenvalue weighted by Gasteiger charge is 2.12. The first-order chi connectivity index (χ1) is 12.6. The molecule has 4 nitrogen and oxygen atoms in total. The Morgan fingerprint density at radius 1 is 1.27 bits per heavy atom. The molecule has 3 aromatic rings. The van der Waals surface area contributed by atoms with Gasteiger partial charge in [0, 0.05) is 30.2 Å². The molecule has 0 aliphatic heterocycles. The highest BCUT2D eigenvalue weighted by Crippen LogP contribution is 2.25. The van der Waals surface area contributed by atoms with Gasteiger partial charge in [0.2, 0.25) is 0 Å². The lowest BCUT2D eigenvalue weighted by Crippen LogP contribution is -2.21. The summed E-state index contributed by atoms with van der Waals surface area (Å²) in [7, 11) is 0. The van der Waals surface area contributed by atoms with Crippen LogP contribution in [0, 0.1) is 0 Å². The normalized spacial score (nSPS) is 12.3. The van der Waals surface area contributed by atoms with E-state index < -0.39 is 0 Å². The van der Waals surface area contributed by atoms with E-state index in [1.807, 2.05) is 43.4 Å². The van der Waals surface area contributed by atoms with Crippen LogP contribution in [0.1, 0.15) is 20.8 Å². The van der Waals surface area contributed by atoms with E-state index in [4.69, 9.17) is 4.42 Å². The molecule has 0 bridgehead atoms. The lowest BCUT2D eigenvalue weighted by atomic mass is 10.1. The average Bonchev–Trinajstić information content (AvgIpc) is 3.00. The minimum absolute atomic E-state index is 0.375. The quantitative estimate of drug-likeness (QED) is 0.648. The number of nitrogens with zero attached hydrogens (tertiary/aromatic N) is 2. The van der Waals surface area contributed by atoms with Crippen molar-refractivity contribution in [1.82, 2.24) is 4.98 Å². The Hall–Kier alpha value is -2.66. The van der Waals surface area contributed by atoms with E-state index in [0.717, 1.165) is 28.7 Å². The van der Waals surface area contributed by atoms with E-state index in [9.17, 15) is 4.79 Å². The van der Waals surface area contributed by atoms with Crippen molar-refractivity contribution in [3.8, 4) is 10.6 Å². The molecule has 0 atom stereocenters. The first-order valence-corrected chi connectivity index (χ1v) is 9.51. The highest BCUT2D eigenvalue weighted by atomic mass is 32.1. The van der Waals surface area contributed by atoms with Gasteiger partial charge in [-0.3, -0.25) is 0 Å². The molecule has 0 amide bonds. The number of rotatable bonds is 5. The monoisotopic (exact) mass is 366 g/mol. The summed E-state index contributed by atoms with van der Waals surface area (Å²) in [6, 6.07) is 7.82. The van der Waals surface area contributed by atoms with Gasteiger partial charge in [-0.15, -0.1) is 11.3 Å². The van der Waals surface area contributed by atoms with Gasteiger partial charge >= 0.3 is 5.63 Å². The van der Waals surface area contributed by atoms with E-state index in [1.165, 1.54) is 11.3 Å². The van der Waals surface area contributed by atoms with Crippen LogP contribution in [0.5, 0.6) is 0 Å². The number of hydrogen-bond acceptors (Lipinski definition) is 5. The Morgan fingerprint density at radius 3 is 2.73 bits per heavy atom. The van der Waals surface area contributed by atoms with Crippen LogP contribution in [-0.4, -0.2) is 18.1 Å². The summed E-state index contributed by atoms with van der Waals surface area (Å²) >= 11 is 1.44. The van der Waals surface area contributed by atoms with E-state index >= 15 is 0 Å². The van der Waals surface area contributed by atoms with Crippen LogP contribution in [0.15, 0.2) is 45.6 Å². The molecule has 0 fully saturated rings. The van der Waals surface area contributed by atoms with Crippen molar-refractivity contribution in [2.45, 2.75) is 20.8 Å². The minimum atomic E-state index is -0.375. The number of hydrogen-bond donors (Lipinski definition) is 0. The van der Waals surface area contributed by atoms with Crippen LogP contribution < -0.4 is 20.4 Å². The molecule has 0 N–H and O–H groups in total. The Labute approximate surface area is 156 Å². The molecule has 0 aliphatic carbocycles.